The summed E-state index contributed by atoms with van der Waals surface area (Å²) in [5, 5.41) is 2.70. The van der Waals surface area contributed by atoms with Crippen molar-refractivity contribution in [3.8, 4) is 17.0 Å². The van der Waals surface area contributed by atoms with Crippen molar-refractivity contribution in [1.29, 1.82) is 0 Å². The lowest BCUT2D eigenvalue weighted by Crippen LogP contribution is -2.16. The van der Waals surface area contributed by atoms with Crippen molar-refractivity contribution >= 4 is 17.4 Å². The average molecular weight is 320 g/mol. The van der Waals surface area contributed by atoms with Gasteiger partial charge in [0, 0.05) is 18.0 Å². The van der Waals surface area contributed by atoms with E-state index < -0.39 is 5.91 Å². The minimum absolute atomic E-state index is 0.0674. The number of nitrogens with one attached hydrogen (secondary N) is 2. The number of rotatable bonds is 4. The van der Waals surface area contributed by atoms with Crippen molar-refractivity contribution in [2.75, 3.05) is 12.4 Å². The van der Waals surface area contributed by atoms with Gasteiger partial charge >= 0.3 is 0 Å². The van der Waals surface area contributed by atoms with Crippen molar-refractivity contribution in [1.82, 2.24) is 20.7 Å². The lowest BCUT2D eigenvalue weighted by Gasteiger charge is -2.10. The number of para-hydroxylation sites is 2. The summed E-state index contributed by atoms with van der Waals surface area (Å²) in [6, 6.07) is 10.6. The smallest absolute Gasteiger partial charge is 0.278 e. The van der Waals surface area contributed by atoms with E-state index in [0.29, 0.717) is 17.1 Å². The van der Waals surface area contributed by atoms with Crippen LogP contribution in [0.3, 0.4) is 0 Å². The summed E-state index contributed by atoms with van der Waals surface area (Å²) < 4.78 is 5.20. The molecule has 2 heterocycles. The largest absolute Gasteiger partial charge is 0.495 e. The molecule has 0 saturated heterocycles. The Kier molecular flexibility index (Phi) is 4.33. The highest BCUT2D eigenvalue weighted by atomic mass is 16.5. The summed E-state index contributed by atoms with van der Waals surface area (Å²) >= 11 is 0. The van der Waals surface area contributed by atoms with E-state index in [9.17, 15) is 4.79 Å². The third kappa shape index (κ3) is 3.14. The van der Waals surface area contributed by atoms with E-state index in [1.54, 1.807) is 42.7 Å². The lowest BCUT2D eigenvalue weighted by molar-refractivity contribution is 0.102. The molecule has 0 saturated carbocycles. The molecule has 7 nitrogen and oxygen atoms in total. The van der Waals surface area contributed by atoms with Crippen molar-refractivity contribution in [2.45, 2.75) is 0 Å². The molecule has 2 N–H and O–H groups in total. The zero-order chi connectivity index (χ0) is 16.9. The second-order valence-electron chi connectivity index (χ2n) is 4.85. The van der Waals surface area contributed by atoms with Crippen LogP contribution in [0.15, 0.2) is 55.0 Å². The van der Waals surface area contributed by atoms with Gasteiger partial charge in [-0.2, -0.15) is 0 Å². The van der Waals surface area contributed by atoms with Crippen LogP contribution in [0.5, 0.6) is 5.75 Å². The predicted molar refractivity (Wildman–Crippen MR) is 89.0 cm³/mol. The maximum atomic E-state index is 12.5. The summed E-state index contributed by atoms with van der Waals surface area (Å²) in [6.07, 6.45) is 4.71. The zero-order valence-electron chi connectivity index (χ0n) is 12.9. The zero-order valence-corrected chi connectivity index (χ0v) is 12.9. The van der Waals surface area contributed by atoms with Gasteiger partial charge in [0.1, 0.15) is 5.75 Å². The monoisotopic (exact) mass is 320 g/mol. The summed E-state index contributed by atoms with van der Waals surface area (Å²) in [6.45, 7) is 0. The Morgan fingerprint density at radius 3 is 2.75 bits per heavy atom. The number of benzene rings is 1. The number of carbonyl (C=O) groups is 1. The molecule has 1 amide bonds. The van der Waals surface area contributed by atoms with Gasteiger partial charge in [-0.3, -0.25) is 15.5 Å². The molecule has 2 aromatic heterocycles. The van der Waals surface area contributed by atoms with Gasteiger partial charge in [0.05, 0.1) is 24.7 Å². The summed E-state index contributed by atoms with van der Waals surface area (Å²) in [5.74, 6) is -0.202. The highest BCUT2D eigenvalue weighted by Crippen LogP contribution is 2.24. The van der Waals surface area contributed by atoms with Crippen molar-refractivity contribution in [3.63, 3.8) is 0 Å². The van der Waals surface area contributed by atoms with Crippen molar-refractivity contribution in [2.24, 2.45) is 0 Å². The number of methoxy groups -OCH3 is 1. The molecule has 0 atom stereocenters. The number of amides is 1. The Labute approximate surface area is 138 Å². The third-order valence-corrected chi connectivity index (χ3v) is 3.30. The Morgan fingerprint density at radius 2 is 2.00 bits per heavy atom. The van der Waals surface area contributed by atoms with Gasteiger partial charge in [-0.25, -0.2) is 9.97 Å². The molecular weight excluding hydrogens is 306 g/mol. The minimum atomic E-state index is -0.525. The predicted octanol–water partition coefficient (Wildman–Crippen LogP) is 2.71. The highest BCUT2D eigenvalue weighted by Gasteiger charge is 2.17. The Bertz CT molecular complexity index is 868. The van der Waals surface area contributed by atoms with Gasteiger partial charge in [-0.1, -0.05) is 12.1 Å². The molecule has 7 heteroatoms. The molecule has 1 radical (unpaired) electrons. The van der Waals surface area contributed by atoms with Gasteiger partial charge in [-0.15, -0.1) is 0 Å². The molecule has 1 aromatic carbocycles. The first-order valence-electron chi connectivity index (χ1n) is 7.12. The molecule has 0 aliphatic carbocycles. The van der Waals surface area contributed by atoms with Crippen LogP contribution in [-0.4, -0.2) is 28.0 Å². The van der Waals surface area contributed by atoms with Crippen LogP contribution in [0.25, 0.3) is 11.3 Å². The maximum absolute atomic E-state index is 12.5. The van der Waals surface area contributed by atoms with Crippen LogP contribution in [0, 0.1) is 0 Å². The third-order valence-electron chi connectivity index (χ3n) is 3.30. The molecule has 0 fully saturated rings. The number of hydrogen-bond donors (Lipinski definition) is 1. The Hall–Kier alpha value is -3.48. The van der Waals surface area contributed by atoms with Gasteiger partial charge in [0.15, 0.2) is 11.5 Å². The number of anilines is 1. The molecule has 0 aliphatic heterocycles. The second-order valence-corrected chi connectivity index (χ2v) is 4.85. The number of hydrogen-bond acceptors (Lipinski definition) is 5. The van der Waals surface area contributed by atoms with E-state index in [0.717, 1.165) is 5.56 Å². The lowest BCUT2D eigenvalue weighted by atomic mass is 10.2. The van der Waals surface area contributed by atoms with Crippen molar-refractivity contribution in [3.05, 3.63) is 60.7 Å². The first-order valence-corrected chi connectivity index (χ1v) is 7.12. The fraction of sp³-hybridized carbons (Fsp3) is 0.0588. The van der Waals surface area contributed by atoms with E-state index >= 15 is 0 Å². The number of aromatic nitrogens is 3. The molecule has 0 unspecified atom stereocenters. The Morgan fingerprint density at radius 1 is 1.17 bits per heavy atom. The fourth-order valence-corrected chi connectivity index (χ4v) is 2.13. The Balaban J connectivity index is 1.92. The SMILES string of the molecule is COc1ccccc1NC(=O)c1nc(-c2cccnc2)cnc1[NH]. The first kappa shape index (κ1) is 15.4. The molecular formula is C17H14N5O2. The molecule has 24 heavy (non-hydrogen) atoms. The standard InChI is InChI=1S/C17H14N5O2/c1-24-14-7-3-2-6-12(14)22-17(23)15-16(18)20-10-13(21-15)11-5-4-8-19-9-11/h2-10,18H,1H3,(H,22,23). The molecule has 0 bridgehead atoms. The van der Waals surface area contributed by atoms with Gasteiger partial charge in [-0.05, 0) is 24.3 Å². The van der Waals surface area contributed by atoms with E-state index in [1.165, 1.54) is 13.3 Å². The van der Waals surface area contributed by atoms with Crippen LogP contribution in [0.2, 0.25) is 0 Å². The van der Waals surface area contributed by atoms with E-state index in [4.69, 9.17) is 10.5 Å². The number of ether oxygens (including phenoxy) is 1. The van der Waals surface area contributed by atoms with Crippen LogP contribution in [0.4, 0.5) is 11.5 Å². The van der Waals surface area contributed by atoms with Crippen LogP contribution >= 0.6 is 0 Å². The number of carbonyl (C=O) groups excluding carboxylic acids is 1. The average Bonchev–Trinajstić information content (AvgIpc) is 2.63. The number of nitrogens with zero attached hydrogens (tertiary/aromatic N) is 3. The quantitative estimate of drug-likeness (QED) is 0.796. The molecule has 3 rings (SSSR count). The fourth-order valence-electron chi connectivity index (χ4n) is 2.13. The molecule has 119 valence electrons. The van der Waals surface area contributed by atoms with Crippen LogP contribution < -0.4 is 15.8 Å². The normalized spacial score (nSPS) is 10.2. The molecule has 0 aliphatic rings. The molecule has 3 aromatic rings. The second kappa shape index (κ2) is 6.74. The number of pyridine rings is 1. The summed E-state index contributed by atoms with van der Waals surface area (Å²) in [4.78, 5) is 24.7. The van der Waals surface area contributed by atoms with E-state index in [2.05, 4.69) is 20.3 Å². The van der Waals surface area contributed by atoms with E-state index in [1.807, 2.05) is 6.07 Å². The molecule has 0 spiro atoms. The topological polar surface area (TPSA) is 101 Å². The van der Waals surface area contributed by atoms with Crippen LogP contribution in [0.1, 0.15) is 10.5 Å². The maximum Gasteiger partial charge on any atom is 0.278 e. The van der Waals surface area contributed by atoms with Crippen molar-refractivity contribution < 1.29 is 9.53 Å². The summed E-state index contributed by atoms with van der Waals surface area (Å²) in [7, 11) is 1.52. The van der Waals surface area contributed by atoms with Gasteiger partial charge in [0.2, 0.25) is 0 Å². The van der Waals surface area contributed by atoms with Crippen LogP contribution in [-0.2, 0) is 0 Å². The first-order chi connectivity index (χ1) is 11.7. The highest BCUT2D eigenvalue weighted by molar-refractivity contribution is 6.06. The summed E-state index contributed by atoms with van der Waals surface area (Å²) in [5.41, 5.74) is 9.47. The van der Waals surface area contributed by atoms with Gasteiger partial charge in [0.25, 0.3) is 5.91 Å². The van der Waals surface area contributed by atoms with E-state index in [-0.39, 0.29) is 11.5 Å². The van der Waals surface area contributed by atoms with Gasteiger partial charge < -0.3 is 10.1 Å². The minimum Gasteiger partial charge on any atom is -0.495 e.